The molecule has 0 spiro atoms. The fourth-order valence-electron chi connectivity index (χ4n) is 4.27. The Balaban J connectivity index is 1.21. The number of fused-ring (bicyclic) bond motifs is 2. The van der Waals surface area contributed by atoms with Crippen LogP contribution in [0.2, 0.25) is 0 Å². The monoisotopic (exact) mass is 357 g/mol. The Morgan fingerprint density at radius 2 is 2.12 bits per heavy atom. The van der Waals surface area contributed by atoms with Crippen molar-refractivity contribution in [3.63, 3.8) is 0 Å². The molecule has 0 aromatic heterocycles. The molecule has 0 aliphatic carbocycles. The van der Waals surface area contributed by atoms with Crippen LogP contribution in [0.3, 0.4) is 0 Å². The molecule has 4 N–H and O–H groups in total. The maximum Gasteiger partial charge on any atom is 0.238 e. The molecule has 1 aromatic carbocycles. The molecule has 3 unspecified atom stereocenters. The Bertz CT molecular complexity index is 680. The van der Waals surface area contributed by atoms with Crippen molar-refractivity contribution in [2.75, 3.05) is 31.1 Å². The van der Waals surface area contributed by atoms with Crippen LogP contribution in [0.4, 0.5) is 5.69 Å². The minimum Gasteiger partial charge on any atom is -0.355 e. The molecular formula is C19H27N5O2. The summed E-state index contributed by atoms with van der Waals surface area (Å²) >= 11 is 0. The van der Waals surface area contributed by atoms with Crippen molar-refractivity contribution in [1.29, 1.82) is 0 Å². The lowest BCUT2D eigenvalue weighted by molar-refractivity contribution is -0.124. The summed E-state index contributed by atoms with van der Waals surface area (Å²) in [6, 6.07) is 8.24. The lowest BCUT2D eigenvalue weighted by atomic mass is 9.89. The average Bonchev–Trinajstić information content (AvgIpc) is 3.29. The van der Waals surface area contributed by atoms with Crippen LogP contribution in [0.1, 0.15) is 24.8 Å². The van der Waals surface area contributed by atoms with Crippen molar-refractivity contribution in [2.24, 2.45) is 5.92 Å². The summed E-state index contributed by atoms with van der Waals surface area (Å²) in [6.07, 6.45) is 3.08. The zero-order chi connectivity index (χ0) is 17.9. The average molecular weight is 357 g/mol. The van der Waals surface area contributed by atoms with Gasteiger partial charge in [0.2, 0.25) is 11.8 Å². The van der Waals surface area contributed by atoms with Gasteiger partial charge >= 0.3 is 0 Å². The second-order valence-electron chi connectivity index (χ2n) is 7.35. The molecule has 0 bridgehead atoms. The summed E-state index contributed by atoms with van der Waals surface area (Å²) in [7, 11) is 0. The topological polar surface area (TPSA) is 85.5 Å². The van der Waals surface area contributed by atoms with Gasteiger partial charge in [-0.15, -0.1) is 0 Å². The van der Waals surface area contributed by atoms with E-state index < -0.39 is 0 Å². The van der Waals surface area contributed by atoms with E-state index in [0.717, 1.165) is 38.2 Å². The van der Waals surface area contributed by atoms with Crippen LogP contribution in [0.5, 0.6) is 0 Å². The fraction of sp³-hybridized carbons (Fsp3) is 0.579. The smallest absolute Gasteiger partial charge is 0.238 e. The number of para-hydroxylation sites is 1. The summed E-state index contributed by atoms with van der Waals surface area (Å²) in [4.78, 5) is 26.8. The van der Waals surface area contributed by atoms with Crippen LogP contribution in [-0.2, 0) is 16.0 Å². The Kier molecular flexibility index (Phi) is 5.19. The van der Waals surface area contributed by atoms with Crippen molar-refractivity contribution in [3.05, 3.63) is 29.8 Å². The second kappa shape index (κ2) is 7.73. The normalized spacial score (nSPS) is 27.1. The van der Waals surface area contributed by atoms with E-state index in [9.17, 15) is 9.59 Å². The van der Waals surface area contributed by atoms with E-state index in [-0.39, 0.29) is 23.8 Å². The third-order valence-electron chi connectivity index (χ3n) is 5.72. The van der Waals surface area contributed by atoms with Gasteiger partial charge in [-0.25, -0.2) is 5.43 Å². The number of piperidine rings is 1. The highest BCUT2D eigenvalue weighted by Crippen LogP contribution is 2.28. The van der Waals surface area contributed by atoms with E-state index in [2.05, 4.69) is 27.6 Å². The molecule has 2 amide bonds. The quantitative estimate of drug-likeness (QED) is 0.554. The summed E-state index contributed by atoms with van der Waals surface area (Å²) in [5.41, 5.74) is 8.64. The molecule has 7 nitrogen and oxygen atoms in total. The molecule has 3 atom stereocenters. The van der Waals surface area contributed by atoms with Crippen molar-refractivity contribution in [1.82, 2.24) is 21.5 Å². The summed E-state index contributed by atoms with van der Waals surface area (Å²) in [5.74, 6) is 0.445. The Morgan fingerprint density at radius 3 is 3.04 bits per heavy atom. The minimum atomic E-state index is -0.200. The predicted molar refractivity (Wildman–Crippen MR) is 99.6 cm³/mol. The van der Waals surface area contributed by atoms with Gasteiger partial charge in [0.25, 0.3) is 0 Å². The zero-order valence-corrected chi connectivity index (χ0v) is 15.0. The van der Waals surface area contributed by atoms with E-state index >= 15 is 0 Å². The largest absolute Gasteiger partial charge is 0.355 e. The molecule has 2 saturated heterocycles. The highest BCUT2D eigenvalue weighted by atomic mass is 16.2. The van der Waals surface area contributed by atoms with Crippen LogP contribution in [0, 0.1) is 5.92 Å². The van der Waals surface area contributed by atoms with Gasteiger partial charge in [0.1, 0.15) is 6.04 Å². The highest BCUT2D eigenvalue weighted by Gasteiger charge is 2.40. The zero-order valence-electron chi connectivity index (χ0n) is 15.0. The molecule has 140 valence electrons. The first-order valence-electron chi connectivity index (χ1n) is 9.62. The van der Waals surface area contributed by atoms with Crippen LogP contribution in [0.25, 0.3) is 0 Å². The van der Waals surface area contributed by atoms with Crippen molar-refractivity contribution in [2.45, 2.75) is 37.8 Å². The maximum absolute atomic E-state index is 12.5. The number of hydrogen-bond acceptors (Lipinski definition) is 5. The molecule has 1 aromatic rings. The Labute approximate surface area is 153 Å². The lowest BCUT2D eigenvalue weighted by Crippen LogP contribution is -2.49. The molecule has 26 heavy (non-hydrogen) atoms. The summed E-state index contributed by atoms with van der Waals surface area (Å²) < 4.78 is 0. The summed E-state index contributed by atoms with van der Waals surface area (Å²) in [6.45, 7) is 3.14. The molecule has 3 aliphatic heterocycles. The van der Waals surface area contributed by atoms with Gasteiger partial charge in [0.05, 0.1) is 0 Å². The van der Waals surface area contributed by atoms with E-state index in [4.69, 9.17) is 0 Å². The molecule has 3 aliphatic rings. The number of nitrogens with zero attached hydrogens (tertiary/aromatic N) is 1. The van der Waals surface area contributed by atoms with E-state index in [1.807, 2.05) is 23.1 Å². The first kappa shape index (κ1) is 17.5. The number of nitrogens with one attached hydrogen (secondary N) is 4. The van der Waals surface area contributed by atoms with Gasteiger partial charge in [0.15, 0.2) is 0 Å². The van der Waals surface area contributed by atoms with Gasteiger partial charge < -0.3 is 15.5 Å². The number of rotatable bonds is 5. The van der Waals surface area contributed by atoms with Gasteiger partial charge in [-0.2, -0.15) is 0 Å². The van der Waals surface area contributed by atoms with Crippen molar-refractivity contribution >= 4 is 17.5 Å². The van der Waals surface area contributed by atoms with Gasteiger partial charge in [0, 0.05) is 43.7 Å². The number of carbonyl (C=O) groups is 2. The van der Waals surface area contributed by atoms with Crippen molar-refractivity contribution < 1.29 is 9.59 Å². The molecular weight excluding hydrogens is 330 g/mol. The van der Waals surface area contributed by atoms with Gasteiger partial charge in [-0.1, -0.05) is 18.2 Å². The Morgan fingerprint density at radius 1 is 1.23 bits per heavy atom. The molecule has 0 radical (unpaired) electrons. The molecule has 2 fully saturated rings. The molecule has 7 heteroatoms. The fourth-order valence-corrected chi connectivity index (χ4v) is 4.27. The van der Waals surface area contributed by atoms with Crippen LogP contribution < -0.4 is 26.4 Å². The SMILES string of the molecule is O=C(NCCCC(=O)N1CCc2ccccc21)C1NNC2CCNCC21. The summed E-state index contributed by atoms with van der Waals surface area (Å²) in [5, 5.41) is 6.34. The third kappa shape index (κ3) is 3.47. The molecule has 3 heterocycles. The number of benzene rings is 1. The van der Waals surface area contributed by atoms with Crippen LogP contribution in [0.15, 0.2) is 24.3 Å². The Hall–Kier alpha value is -1.96. The first-order valence-corrected chi connectivity index (χ1v) is 9.62. The number of amides is 2. The van der Waals surface area contributed by atoms with E-state index in [1.54, 1.807) is 0 Å². The minimum absolute atomic E-state index is 0.0210. The molecule has 0 saturated carbocycles. The van der Waals surface area contributed by atoms with Gasteiger partial charge in [-0.3, -0.25) is 15.0 Å². The first-order chi connectivity index (χ1) is 12.7. The van der Waals surface area contributed by atoms with Crippen molar-refractivity contribution in [3.8, 4) is 0 Å². The lowest BCUT2D eigenvalue weighted by Gasteiger charge is -2.27. The van der Waals surface area contributed by atoms with E-state index in [1.165, 1.54) is 5.56 Å². The second-order valence-corrected chi connectivity index (χ2v) is 7.35. The van der Waals surface area contributed by atoms with E-state index in [0.29, 0.717) is 25.4 Å². The number of hydrazine groups is 1. The van der Waals surface area contributed by atoms with Crippen LogP contribution >= 0.6 is 0 Å². The predicted octanol–water partition coefficient (Wildman–Crippen LogP) is -0.0734. The molecule has 4 rings (SSSR count). The highest BCUT2D eigenvalue weighted by molar-refractivity contribution is 5.95. The third-order valence-corrected chi connectivity index (χ3v) is 5.72. The van der Waals surface area contributed by atoms with Crippen LogP contribution in [-0.4, -0.2) is 50.1 Å². The number of carbonyl (C=O) groups excluding carboxylic acids is 2. The maximum atomic E-state index is 12.5. The van der Waals surface area contributed by atoms with Gasteiger partial charge in [-0.05, 0) is 37.4 Å². The standard InChI is InChI=1S/C19H27N5O2/c25-17(24-11-8-13-4-1-2-5-16(13)24)6-3-9-21-19(26)18-14-12-20-10-7-15(14)22-23-18/h1-2,4-5,14-15,18,20,22-23H,3,6-12H2,(H,21,26). The number of anilines is 1. The number of hydrogen-bond donors (Lipinski definition) is 4.